The summed E-state index contributed by atoms with van der Waals surface area (Å²) in [6.07, 6.45) is -1.69. The highest BCUT2D eigenvalue weighted by molar-refractivity contribution is 5.94. The summed E-state index contributed by atoms with van der Waals surface area (Å²) in [6, 6.07) is 10.5. The molecule has 2 fully saturated rings. The lowest BCUT2D eigenvalue weighted by Gasteiger charge is -2.32. The third-order valence-corrected chi connectivity index (χ3v) is 6.30. The van der Waals surface area contributed by atoms with Crippen molar-refractivity contribution in [3.05, 3.63) is 47.8 Å². The van der Waals surface area contributed by atoms with Crippen molar-refractivity contribution in [2.24, 2.45) is 11.8 Å². The second-order valence-corrected chi connectivity index (χ2v) is 8.93. The molecule has 12 heteroatoms. The van der Waals surface area contributed by atoms with Gasteiger partial charge in [0.1, 0.15) is 5.82 Å². The Kier molecular flexibility index (Phi) is 6.03. The Labute approximate surface area is 198 Å². The van der Waals surface area contributed by atoms with E-state index in [9.17, 15) is 22.8 Å². The lowest BCUT2D eigenvalue weighted by atomic mass is 9.96. The molecule has 9 nitrogen and oxygen atoms in total. The molecule has 0 spiro atoms. The van der Waals surface area contributed by atoms with Gasteiger partial charge in [-0.2, -0.15) is 17.7 Å². The molecule has 2 aromatic heterocycles. The van der Waals surface area contributed by atoms with Crippen LogP contribution in [0.2, 0.25) is 0 Å². The van der Waals surface area contributed by atoms with Gasteiger partial charge in [-0.05, 0) is 55.5 Å². The first-order chi connectivity index (χ1) is 16.8. The Balaban J connectivity index is 1.15. The van der Waals surface area contributed by atoms with E-state index in [1.54, 1.807) is 6.07 Å². The summed E-state index contributed by atoms with van der Waals surface area (Å²) < 4.78 is 40.1. The van der Waals surface area contributed by atoms with Crippen LogP contribution in [0.25, 0.3) is 5.65 Å². The predicted octanol–water partition coefficient (Wildman–Crippen LogP) is 3.02. The summed E-state index contributed by atoms with van der Waals surface area (Å²) in [4.78, 5) is 26.5. The zero-order chi connectivity index (χ0) is 24.6. The Bertz CT molecular complexity index is 1250. The number of hydrogen-bond donors (Lipinski definition) is 2. The maximum Gasteiger partial charge on any atom is 0.453 e. The van der Waals surface area contributed by atoms with Gasteiger partial charge in [0.05, 0.1) is 0 Å². The first-order valence-electron chi connectivity index (χ1n) is 11.5. The summed E-state index contributed by atoms with van der Waals surface area (Å²) in [5, 5.41) is 16.7. The Morgan fingerprint density at radius 2 is 1.71 bits per heavy atom. The van der Waals surface area contributed by atoms with E-state index in [4.69, 9.17) is 0 Å². The van der Waals surface area contributed by atoms with Gasteiger partial charge in [0.25, 0.3) is 5.82 Å². The number of carbonyl (C=O) groups excluding carboxylic acids is 2. The van der Waals surface area contributed by atoms with Crippen molar-refractivity contribution in [2.45, 2.75) is 38.4 Å². The van der Waals surface area contributed by atoms with Crippen molar-refractivity contribution in [1.29, 1.82) is 0 Å². The quantitative estimate of drug-likeness (QED) is 0.554. The van der Waals surface area contributed by atoms with Crippen LogP contribution in [0.5, 0.6) is 0 Å². The van der Waals surface area contributed by atoms with Gasteiger partial charge in [-0.1, -0.05) is 12.1 Å². The third-order valence-electron chi connectivity index (χ3n) is 6.30. The Hall–Kier alpha value is -3.70. The first kappa shape index (κ1) is 23.1. The average Bonchev–Trinajstić information content (AvgIpc) is 3.61. The lowest BCUT2D eigenvalue weighted by molar-refractivity contribution is -0.146. The smallest absolute Gasteiger partial charge is 0.355 e. The number of aromatic nitrogens is 4. The molecule has 2 aliphatic rings. The molecule has 2 amide bonds. The minimum atomic E-state index is -4.65. The molecular weight excluding hydrogens is 463 g/mol. The number of anilines is 2. The molecule has 3 aromatic rings. The molecule has 0 unspecified atom stereocenters. The monoisotopic (exact) mass is 487 g/mol. The normalized spacial score (nSPS) is 16.9. The molecule has 3 heterocycles. The predicted molar refractivity (Wildman–Crippen MR) is 120 cm³/mol. The van der Waals surface area contributed by atoms with E-state index in [1.807, 2.05) is 29.2 Å². The van der Waals surface area contributed by atoms with Crippen molar-refractivity contribution in [3.8, 4) is 0 Å². The minimum Gasteiger partial charge on any atom is -0.355 e. The second-order valence-electron chi connectivity index (χ2n) is 8.93. The number of carbonyl (C=O) groups is 2. The number of alkyl halides is 3. The lowest BCUT2D eigenvalue weighted by Crippen LogP contribution is -2.40. The summed E-state index contributed by atoms with van der Waals surface area (Å²) >= 11 is 0. The van der Waals surface area contributed by atoms with E-state index >= 15 is 0 Å². The SMILES string of the molecule is O=C(NCc1cccc(NC(=O)C2CC2)c1)C1CCN(c2ccc3nnc(C(F)(F)F)n3n2)CC1. The van der Waals surface area contributed by atoms with Crippen LogP contribution in [0, 0.1) is 11.8 Å². The molecule has 2 N–H and O–H groups in total. The van der Waals surface area contributed by atoms with Crippen LogP contribution in [0.15, 0.2) is 36.4 Å². The van der Waals surface area contributed by atoms with Crippen molar-refractivity contribution in [2.75, 3.05) is 23.3 Å². The highest BCUT2D eigenvalue weighted by Gasteiger charge is 2.38. The topological polar surface area (TPSA) is 105 Å². The van der Waals surface area contributed by atoms with Gasteiger partial charge >= 0.3 is 6.18 Å². The molecule has 0 radical (unpaired) electrons. The van der Waals surface area contributed by atoms with Gasteiger partial charge in [-0.15, -0.1) is 15.3 Å². The highest BCUT2D eigenvalue weighted by atomic mass is 19.4. The number of benzene rings is 1. The summed E-state index contributed by atoms with van der Waals surface area (Å²) in [5.41, 5.74) is 1.62. The fraction of sp³-hybridized carbons (Fsp3) is 0.435. The van der Waals surface area contributed by atoms with Crippen LogP contribution in [-0.4, -0.2) is 44.7 Å². The van der Waals surface area contributed by atoms with Crippen molar-refractivity contribution < 1.29 is 22.8 Å². The molecule has 1 aliphatic heterocycles. The van der Waals surface area contributed by atoms with Crippen LogP contribution in [-0.2, 0) is 22.3 Å². The summed E-state index contributed by atoms with van der Waals surface area (Å²) in [5.74, 6) is -0.909. The van der Waals surface area contributed by atoms with Gasteiger partial charge in [-0.25, -0.2) is 0 Å². The summed E-state index contributed by atoms with van der Waals surface area (Å²) in [7, 11) is 0. The molecule has 0 atom stereocenters. The molecule has 184 valence electrons. The van der Waals surface area contributed by atoms with E-state index < -0.39 is 12.0 Å². The molecule has 0 bridgehead atoms. The van der Waals surface area contributed by atoms with Crippen LogP contribution in [0.4, 0.5) is 24.7 Å². The maximum absolute atomic E-state index is 13.1. The summed E-state index contributed by atoms with van der Waals surface area (Å²) in [6.45, 7) is 1.32. The van der Waals surface area contributed by atoms with Crippen LogP contribution in [0.3, 0.4) is 0 Å². The maximum atomic E-state index is 13.1. The molecule has 1 saturated carbocycles. The first-order valence-corrected chi connectivity index (χ1v) is 11.5. The van der Waals surface area contributed by atoms with E-state index in [2.05, 4.69) is 25.9 Å². The molecule has 1 aliphatic carbocycles. The fourth-order valence-corrected chi connectivity index (χ4v) is 4.18. The number of fused-ring (bicyclic) bond motifs is 1. The number of hydrogen-bond acceptors (Lipinski definition) is 6. The fourth-order valence-electron chi connectivity index (χ4n) is 4.18. The molecule has 35 heavy (non-hydrogen) atoms. The van der Waals surface area contributed by atoms with Crippen molar-refractivity contribution in [3.63, 3.8) is 0 Å². The van der Waals surface area contributed by atoms with Gasteiger partial charge in [0.15, 0.2) is 5.65 Å². The van der Waals surface area contributed by atoms with Crippen LogP contribution in [0.1, 0.15) is 37.1 Å². The highest BCUT2D eigenvalue weighted by Crippen LogP contribution is 2.30. The van der Waals surface area contributed by atoms with Gasteiger partial charge in [0, 0.05) is 37.2 Å². The molecule has 5 rings (SSSR count). The van der Waals surface area contributed by atoms with Crippen molar-refractivity contribution in [1.82, 2.24) is 25.1 Å². The zero-order valence-corrected chi connectivity index (χ0v) is 18.8. The van der Waals surface area contributed by atoms with Gasteiger partial charge < -0.3 is 15.5 Å². The Morgan fingerprint density at radius 3 is 2.43 bits per heavy atom. The van der Waals surface area contributed by atoms with Crippen molar-refractivity contribution >= 4 is 29.0 Å². The number of rotatable bonds is 6. The molecule has 1 aromatic carbocycles. The largest absolute Gasteiger partial charge is 0.453 e. The number of halogens is 3. The van der Waals surface area contributed by atoms with E-state index in [0.29, 0.717) is 48.5 Å². The van der Waals surface area contributed by atoms with Crippen LogP contribution < -0.4 is 15.5 Å². The van der Waals surface area contributed by atoms with E-state index in [0.717, 1.165) is 18.4 Å². The number of piperidine rings is 1. The van der Waals surface area contributed by atoms with Gasteiger partial charge in [-0.3, -0.25) is 9.59 Å². The van der Waals surface area contributed by atoms with E-state index in [-0.39, 0.29) is 29.3 Å². The molecular formula is C23H24F3N7O2. The Morgan fingerprint density at radius 1 is 0.971 bits per heavy atom. The standard InChI is InChI=1S/C23H24F3N7O2/c24-23(25,26)22-30-29-18-6-7-19(31-33(18)22)32-10-8-16(9-11-32)20(34)27-13-14-2-1-3-17(12-14)28-21(35)15-4-5-15/h1-3,6-7,12,15-16H,4-5,8-11,13H2,(H,27,34)(H,28,35). The third kappa shape index (κ3) is 5.20. The number of amides is 2. The van der Waals surface area contributed by atoms with Gasteiger partial charge in [0.2, 0.25) is 11.8 Å². The number of nitrogens with one attached hydrogen (secondary N) is 2. The number of nitrogens with zero attached hydrogens (tertiary/aromatic N) is 5. The minimum absolute atomic E-state index is 0.0199. The van der Waals surface area contributed by atoms with Crippen LogP contribution >= 0.6 is 0 Å². The van der Waals surface area contributed by atoms with E-state index in [1.165, 1.54) is 6.07 Å². The average molecular weight is 487 g/mol. The molecule has 1 saturated heterocycles. The second kappa shape index (κ2) is 9.16. The zero-order valence-electron chi connectivity index (χ0n) is 18.8.